The van der Waals surface area contributed by atoms with E-state index in [1.54, 1.807) is 0 Å². The third-order valence-corrected chi connectivity index (χ3v) is 4.30. The van der Waals surface area contributed by atoms with Crippen LogP contribution in [0.4, 0.5) is 0 Å². The van der Waals surface area contributed by atoms with Crippen molar-refractivity contribution in [1.29, 1.82) is 0 Å². The minimum absolute atomic E-state index is 0.145. The Kier molecular flexibility index (Phi) is 5.04. The first kappa shape index (κ1) is 16.0. The van der Waals surface area contributed by atoms with Crippen LogP contribution in [0.25, 0.3) is 0 Å². The van der Waals surface area contributed by atoms with E-state index in [1.807, 2.05) is 13.8 Å². The number of aromatic nitrogens is 2. The summed E-state index contributed by atoms with van der Waals surface area (Å²) in [5.74, 6) is 0.860. The molecule has 2 atom stereocenters. The Bertz CT molecular complexity index is 537. The van der Waals surface area contributed by atoms with Gasteiger partial charge in [0.15, 0.2) is 0 Å². The summed E-state index contributed by atoms with van der Waals surface area (Å²) in [5.41, 5.74) is -0.429. The Hall–Kier alpha value is -1.36. The van der Waals surface area contributed by atoms with E-state index in [-0.39, 0.29) is 11.4 Å². The zero-order chi connectivity index (χ0) is 15.5. The number of aromatic hydroxyl groups is 1. The molecule has 0 spiro atoms. The monoisotopic (exact) mass is 294 g/mol. The van der Waals surface area contributed by atoms with Crippen molar-refractivity contribution in [3.05, 3.63) is 21.7 Å². The van der Waals surface area contributed by atoms with Crippen molar-refractivity contribution in [2.45, 2.75) is 64.9 Å². The van der Waals surface area contributed by atoms with Gasteiger partial charge in [-0.3, -0.25) is 4.79 Å². The van der Waals surface area contributed by atoms with Gasteiger partial charge >= 0.3 is 0 Å². The van der Waals surface area contributed by atoms with Gasteiger partial charge in [0, 0.05) is 6.61 Å². The molecule has 0 radical (unpaired) electrons. The molecule has 0 bridgehead atoms. The van der Waals surface area contributed by atoms with E-state index >= 15 is 0 Å². The highest BCUT2D eigenvalue weighted by atomic mass is 16.5. The molecule has 1 fully saturated rings. The van der Waals surface area contributed by atoms with E-state index < -0.39 is 5.60 Å². The Balaban J connectivity index is 2.44. The lowest BCUT2D eigenvalue weighted by atomic mass is 9.78. The summed E-state index contributed by atoms with van der Waals surface area (Å²) in [6.45, 7) is 6.67. The fourth-order valence-corrected chi connectivity index (χ4v) is 3.37. The van der Waals surface area contributed by atoms with Gasteiger partial charge in [0.05, 0.1) is 5.56 Å². The highest BCUT2D eigenvalue weighted by Crippen LogP contribution is 2.41. The van der Waals surface area contributed by atoms with Crippen molar-refractivity contribution in [3.8, 4) is 5.88 Å². The van der Waals surface area contributed by atoms with Crippen LogP contribution in [-0.4, -0.2) is 21.7 Å². The van der Waals surface area contributed by atoms with Crippen LogP contribution in [-0.2, 0) is 16.8 Å². The standard InChI is InChI=1S/C16H26N2O3/c1-4-7-12-13(19)17-15(18-14(12)20)16(21-5-2)9-6-8-11(3)10-16/h11H,4-10H2,1-3H3,(H2,17,18,19,20). The van der Waals surface area contributed by atoms with Gasteiger partial charge in [-0.15, -0.1) is 0 Å². The van der Waals surface area contributed by atoms with Crippen LogP contribution in [0.15, 0.2) is 4.79 Å². The molecule has 2 unspecified atom stereocenters. The predicted octanol–water partition coefficient (Wildman–Crippen LogP) is 2.87. The van der Waals surface area contributed by atoms with Crippen LogP contribution in [0.5, 0.6) is 5.88 Å². The van der Waals surface area contributed by atoms with Crippen molar-refractivity contribution in [1.82, 2.24) is 9.97 Å². The van der Waals surface area contributed by atoms with E-state index in [0.717, 1.165) is 25.7 Å². The van der Waals surface area contributed by atoms with Crippen molar-refractivity contribution >= 4 is 0 Å². The molecule has 5 nitrogen and oxygen atoms in total. The molecular formula is C16H26N2O3. The largest absolute Gasteiger partial charge is 0.493 e. The first-order valence-corrected chi connectivity index (χ1v) is 7.99. The lowest BCUT2D eigenvalue weighted by molar-refractivity contribution is -0.0885. The molecule has 0 aromatic carbocycles. The summed E-state index contributed by atoms with van der Waals surface area (Å²) in [5, 5.41) is 10.1. The number of H-pyrrole nitrogens is 1. The van der Waals surface area contributed by atoms with Crippen LogP contribution in [0, 0.1) is 5.92 Å². The number of nitrogens with zero attached hydrogens (tertiary/aromatic N) is 1. The summed E-state index contributed by atoms with van der Waals surface area (Å²) < 4.78 is 5.99. The van der Waals surface area contributed by atoms with Gasteiger partial charge < -0.3 is 14.8 Å². The minimum atomic E-state index is -0.562. The number of rotatable bonds is 5. The van der Waals surface area contributed by atoms with Crippen molar-refractivity contribution in [3.63, 3.8) is 0 Å². The number of hydrogen-bond donors (Lipinski definition) is 2. The van der Waals surface area contributed by atoms with Gasteiger partial charge in [-0.2, -0.15) is 4.98 Å². The molecule has 0 amide bonds. The molecule has 2 N–H and O–H groups in total. The number of nitrogens with one attached hydrogen (secondary N) is 1. The summed E-state index contributed by atoms with van der Waals surface area (Å²) in [4.78, 5) is 19.4. The van der Waals surface area contributed by atoms with Crippen LogP contribution < -0.4 is 5.56 Å². The summed E-state index contributed by atoms with van der Waals surface area (Å²) in [7, 11) is 0. The molecule has 1 saturated carbocycles. The molecule has 1 aromatic rings. The Labute approximate surface area is 125 Å². The second-order valence-electron chi connectivity index (χ2n) is 6.10. The molecule has 1 heterocycles. The van der Waals surface area contributed by atoms with E-state index in [4.69, 9.17) is 4.74 Å². The Morgan fingerprint density at radius 3 is 2.81 bits per heavy atom. The lowest BCUT2D eigenvalue weighted by Crippen LogP contribution is -2.38. The van der Waals surface area contributed by atoms with Crippen LogP contribution in [0.3, 0.4) is 0 Å². The fourth-order valence-electron chi connectivity index (χ4n) is 3.37. The zero-order valence-electron chi connectivity index (χ0n) is 13.2. The SMILES string of the molecule is CCCc1c(O)nc(C2(OCC)CCCC(C)C2)[nH]c1=O. The van der Waals surface area contributed by atoms with Gasteiger partial charge in [-0.25, -0.2) is 0 Å². The van der Waals surface area contributed by atoms with Crippen molar-refractivity contribution in [2.24, 2.45) is 5.92 Å². The van der Waals surface area contributed by atoms with Crippen LogP contribution >= 0.6 is 0 Å². The summed E-state index contributed by atoms with van der Waals surface area (Å²) >= 11 is 0. The van der Waals surface area contributed by atoms with Crippen LogP contribution in [0.1, 0.15) is 64.3 Å². The molecule has 1 aliphatic carbocycles. The fraction of sp³-hybridized carbons (Fsp3) is 0.750. The first-order valence-electron chi connectivity index (χ1n) is 7.99. The third-order valence-electron chi connectivity index (χ3n) is 4.30. The average Bonchev–Trinajstić information content (AvgIpc) is 2.43. The maximum atomic E-state index is 12.2. The van der Waals surface area contributed by atoms with Crippen molar-refractivity contribution < 1.29 is 9.84 Å². The number of hydrogen-bond acceptors (Lipinski definition) is 4. The molecular weight excluding hydrogens is 268 g/mol. The van der Waals surface area contributed by atoms with Gasteiger partial charge in [-0.05, 0) is 38.5 Å². The second-order valence-corrected chi connectivity index (χ2v) is 6.10. The van der Waals surface area contributed by atoms with Gasteiger partial charge in [-0.1, -0.05) is 26.7 Å². The molecule has 118 valence electrons. The highest BCUT2D eigenvalue weighted by Gasteiger charge is 2.40. The maximum Gasteiger partial charge on any atom is 0.258 e. The number of ether oxygens (including phenoxy) is 1. The van der Waals surface area contributed by atoms with Crippen molar-refractivity contribution in [2.75, 3.05) is 6.61 Å². The molecule has 21 heavy (non-hydrogen) atoms. The Morgan fingerprint density at radius 2 is 2.24 bits per heavy atom. The van der Waals surface area contributed by atoms with Gasteiger partial charge in [0.25, 0.3) is 5.56 Å². The smallest absolute Gasteiger partial charge is 0.258 e. The van der Waals surface area contributed by atoms with Crippen LogP contribution in [0.2, 0.25) is 0 Å². The summed E-state index contributed by atoms with van der Waals surface area (Å²) in [6.07, 6.45) is 5.20. The van der Waals surface area contributed by atoms with E-state index in [0.29, 0.717) is 30.3 Å². The maximum absolute atomic E-state index is 12.2. The minimum Gasteiger partial charge on any atom is -0.493 e. The topological polar surface area (TPSA) is 75.2 Å². The predicted molar refractivity (Wildman–Crippen MR) is 81.5 cm³/mol. The molecule has 5 heteroatoms. The first-order chi connectivity index (χ1) is 10.0. The van der Waals surface area contributed by atoms with Gasteiger partial charge in [0.2, 0.25) is 5.88 Å². The molecule has 1 aliphatic rings. The van der Waals surface area contributed by atoms with Gasteiger partial charge in [0.1, 0.15) is 11.4 Å². The second kappa shape index (κ2) is 6.60. The third kappa shape index (κ3) is 3.28. The summed E-state index contributed by atoms with van der Waals surface area (Å²) in [6, 6.07) is 0. The highest BCUT2D eigenvalue weighted by molar-refractivity contribution is 5.24. The van der Waals surface area contributed by atoms with E-state index in [1.165, 1.54) is 6.42 Å². The Morgan fingerprint density at radius 1 is 1.48 bits per heavy atom. The molecule has 1 aromatic heterocycles. The average molecular weight is 294 g/mol. The zero-order valence-corrected chi connectivity index (χ0v) is 13.2. The molecule has 2 rings (SSSR count). The lowest BCUT2D eigenvalue weighted by Gasteiger charge is -2.38. The van der Waals surface area contributed by atoms with E-state index in [9.17, 15) is 9.90 Å². The van der Waals surface area contributed by atoms with E-state index in [2.05, 4.69) is 16.9 Å². The number of aromatic amines is 1. The normalized spacial score (nSPS) is 26.0. The molecule has 0 aliphatic heterocycles. The quantitative estimate of drug-likeness (QED) is 0.875. The molecule has 0 saturated heterocycles.